The molecule has 1 atom stereocenters. The molecule has 0 radical (unpaired) electrons. The van der Waals surface area contributed by atoms with Crippen molar-refractivity contribution < 1.29 is 4.57 Å². The molecule has 2 aliphatic rings. The van der Waals surface area contributed by atoms with Gasteiger partial charge in [-0.1, -0.05) is 90.0 Å². The number of rotatable bonds is 3. The Hall–Kier alpha value is -2.56. The highest BCUT2D eigenvalue weighted by atomic mass is 15.2. The number of nitrogens with zero attached hydrogens (tertiary/aromatic N) is 5. The first-order chi connectivity index (χ1) is 18.8. The molecule has 5 nitrogen and oxygen atoms in total. The van der Waals surface area contributed by atoms with E-state index in [1.165, 1.54) is 33.5 Å². The largest absolute Gasteiger partial charge is 0.302 e. The molecule has 0 saturated carbocycles. The van der Waals surface area contributed by atoms with E-state index in [4.69, 9.17) is 15.0 Å². The van der Waals surface area contributed by atoms with E-state index in [0.29, 0.717) is 0 Å². The number of benzene rings is 1. The van der Waals surface area contributed by atoms with E-state index >= 15 is 0 Å². The summed E-state index contributed by atoms with van der Waals surface area (Å²) in [5.74, 6) is 1.97. The van der Waals surface area contributed by atoms with Crippen LogP contribution < -0.4 is 4.57 Å². The molecule has 5 heteroatoms. The van der Waals surface area contributed by atoms with Crippen molar-refractivity contribution in [1.82, 2.24) is 19.4 Å². The first-order valence-corrected chi connectivity index (χ1v) is 16.0. The van der Waals surface area contributed by atoms with Crippen LogP contribution in [0.1, 0.15) is 151 Å². The summed E-state index contributed by atoms with van der Waals surface area (Å²) in [5.41, 5.74) is 8.46. The van der Waals surface area contributed by atoms with E-state index in [1.54, 1.807) is 0 Å². The standard InChI is InChI=1S/C36H52N5/c1-15-35(14)26-25-27(38-29(37-26)31(4,5)6)39-30(32(7,8)9)40-23-18-21-22(34(12,13)20-33(21,10)11)19-24(23)41(28(25)40)36(35,16-2)17-3/h18-19H,15-17,20H2,1-14H3/q+1. The highest BCUT2D eigenvalue weighted by molar-refractivity contribution is 5.95. The smallest absolute Gasteiger partial charge is 0.235 e. The van der Waals surface area contributed by atoms with E-state index in [1.807, 2.05) is 0 Å². The lowest BCUT2D eigenvalue weighted by Gasteiger charge is -2.47. The van der Waals surface area contributed by atoms with Gasteiger partial charge in [-0.2, -0.15) is 9.38 Å². The molecule has 0 spiro atoms. The first kappa shape index (κ1) is 28.6. The molecular weight excluding hydrogens is 502 g/mol. The Kier molecular flexibility index (Phi) is 5.63. The minimum Gasteiger partial charge on any atom is -0.235 e. The second-order valence-electron chi connectivity index (χ2n) is 16.8. The molecule has 0 bridgehead atoms. The van der Waals surface area contributed by atoms with Gasteiger partial charge in [0, 0.05) is 10.8 Å². The topological polar surface area (TPSA) is 47.0 Å². The Bertz CT molecular complexity index is 1750. The zero-order chi connectivity index (χ0) is 30.3. The minimum atomic E-state index is -0.178. The number of hydrogen-bond acceptors (Lipinski definition) is 3. The van der Waals surface area contributed by atoms with Crippen LogP contribution in [-0.2, 0) is 32.6 Å². The fourth-order valence-electron chi connectivity index (χ4n) is 8.98. The Morgan fingerprint density at radius 2 is 1.37 bits per heavy atom. The molecule has 0 fully saturated rings. The van der Waals surface area contributed by atoms with Gasteiger partial charge in [0.15, 0.2) is 16.7 Å². The molecule has 1 unspecified atom stereocenters. The van der Waals surface area contributed by atoms with Crippen molar-refractivity contribution in [2.75, 3.05) is 0 Å². The van der Waals surface area contributed by atoms with Gasteiger partial charge < -0.3 is 0 Å². The van der Waals surface area contributed by atoms with Crippen LogP contribution in [0.25, 0.3) is 27.7 Å². The summed E-state index contributed by atoms with van der Waals surface area (Å²) >= 11 is 0. The van der Waals surface area contributed by atoms with Gasteiger partial charge >= 0.3 is 5.65 Å². The summed E-state index contributed by atoms with van der Waals surface area (Å²) < 4.78 is 5.26. The van der Waals surface area contributed by atoms with E-state index < -0.39 is 0 Å². The Morgan fingerprint density at radius 3 is 1.88 bits per heavy atom. The van der Waals surface area contributed by atoms with Crippen LogP contribution in [0.5, 0.6) is 0 Å². The van der Waals surface area contributed by atoms with E-state index in [0.717, 1.165) is 48.4 Å². The monoisotopic (exact) mass is 554 g/mol. The average molecular weight is 555 g/mol. The summed E-state index contributed by atoms with van der Waals surface area (Å²) in [7, 11) is 0. The number of imidazole rings is 1. The van der Waals surface area contributed by atoms with Crippen LogP contribution in [0.15, 0.2) is 12.1 Å². The molecule has 0 N–H and O–H groups in total. The molecule has 0 saturated heterocycles. The van der Waals surface area contributed by atoms with Gasteiger partial charge in [0.2, 0.25) is 5.82 Å². The van der Waals surface area contributed by atoms with Crippen LogP contribution in [0.2, 0.25) is 0 Å². The van der Waals surface area contributed by atoms with Gasteiger partial charge in [-0.25, -0.2) is 14.5 Å². The molecule has 4 aromatic rings. The quantitative estimate of drug-likeness (QED) is 0.239. The predicted molar refractivity (Wildman–Crippen MR) is 170 cm³/mol. The third-order valence-electron chi connectivity index (χ3n) is 11.1. The Labute approximate surface area is 247 Å². The fraction of sp³-hybridized carbons (Fsp3) is 0.667. The fourth-order valence-corrected chi connectivity index (χ4v) is 8.98. The van der Waals surface area contributed by atoms with E-state index in [9.17, 15) is 0 Å². The summed E-state index contributed by atoms with van der Waals surface area (Å²) in [6.45, 7) is 32.8. The van der Waals surface area contributed by atoms with Gasteiger partial charge in [-0.05, 0) is 66.7 Å². The summed E-state index contributed by atoms with van der Waals surface area (Å²) in [4.78, 5) is 16.2. The van der Waals surface area contributed by atoms with Crippen LogP contribution in [0.3, 0.4) is 0 Å². The lowest BCUT2D eigenvalue weighted by molar-refractivity contribution is -0.733. The minimum absolute atomic E-state index is 0.120. The number of aromatic nitrogens is 5. The third-order valence-corrected chi connectivity index (χ3v) is 11.1. The molecule has 1 aromatic carbocycles. The Balaban J connectivity index is 1.98. The lowest BCUT2D eigenvalue weighted by atomic mass is 9.61. The number of hydrogen-bond donors (Lipinski definition) is 0. The zero-order valence-electron chi connectivity index (χ0n) is 28.2. The van der Waals surface area contributed by atoms with Crippen molar-refractivity contribution in [3.63, 3.8) is 0 Å². The maximum atomic E-state index is 5.49. The summed E-state index contributed by atoms with van der Waals surface area (Å²) in [5, 5.41) is 1.14. The number of fused-ring (bicyclic) bond motifs is 4. The van der Waals surface area contributed by atoms with Gasteiger partial charge in [-0.15, -0.1) is 0 Å². The maximum absolute atomic E-state index is 5.49. The molecule has 41 heavy (non-hydrogen) atoms. The highest BCUT2D eigenvalue weighted by Crippen LogP contribution is 2.54. The van der Waals surface area contributed by atoms with Crippen LogP contribution >= 0.6 is 0 Å². The van der Waals surface area contributed by atoms with Crippen molar-refractivity contribution in [3.8, 4) is 0 Å². The van der Waals surface area contributed by atoms with Gasteiger partial charge in [0.05, 0.1) is 11.1 Å². The van der Waals surface area contributed by atoms with Crippen molar-refractivity contribution in [2.24, 2.45) is 0 Å². The summed E-state index contributed by atoms with van der Waals surface area (Å²) in [6.07, 6.45) is 4.22. The molecule has 220 valence electrons. The van der Waals surface area contributed by atoms with Gasteiger partial charge in [0.1, 0.15) is 16.7 Å². The molecule has 6 rings (SSSR count). The predicted octanol–water partition coefficient (Wildman–Crippen LogP) is 8.47. The second-order valence-corrected chi connectivity index (χ2v) is 16.8. The second kappa shape index (κ2) is 8.08. The van der Waals surface area contributed by atoms with Crippen LogP contribution in [-0.4, -0.2) is 19.4 Å². The first-order valence-electron chi connectivity index (χ1n) is 16.0. The highest BCUT2D eigenvalue weighted by Gasteiger charge is 2.59. The van der Waals surface area contributed by atoms with Crippen LogP contribution in [0.4, 0.5) is 0 Å². The molecule has 4 heterocycles. The Morgan fingerprint density at radius 1 is 0.780 bits per heavy atom. The van der Waals surface area contributed by atoms with Crippen molar-refractivity contribution in [1.29, 1.82) is 0 Å². The zero-order valence-corrected chi connectivity index (χ0v) is 28.2. The molecule has 1 aliphatic heterocycles. The SMILES string of the molecule is CCC1(C)c2nc(C(C)(C)C)nc3nc(C(C)(C)C)n4c5cc6c(cc5[n+](c4c23)C1(CC)CC)C(C)(C)CC6(C)C. The van der Waals surface area contributed by atoms with E-state index in [2.05, 4.69) is 118 Å². The van der Waals surface area contributed by atoms with Crippen LogP contribution in [0, 0.1) is 0 Å². The normalized spacial score (nSPS) is 22.8. The molecule has 1 aliphatic carbocycles. The third kappa shape index (κ3) is 3.41. The van der Waals surface area contributed by atoms with E-state index in [-0.39, 0.29) is 32.6 Å². The summed E-state index contributed by atoms with van der Waals surface area (Å²) in [6, 6.07) is 5.09. The average Bonchev–Trinajstić information content (AvgIpc) is 3.29. The van der Waals surface area contributed by atoms with Crippen molar-refractivity contribution >= 4 is 27.7 Å². The molecular formula is C36H52N5+. The lowest BCUT2D eigenvalue weighted by Crippen LogP contribution is -2.68. The maximum Gasteiger partial charge on any atom is 0.302 e. The molecule has 0 amide bonds. The van der Waals surface area contributed by atoms with Crippen molar-refractivity contribution in [3.05, 3.63) is 40.6 Å². The van der Waals surface area contributed by atoms with Gasteiger partial charge in [-0.3, -0.25) is 0 Å². The molecule has 3 aromatic heterocycles. The van der Waals surface area contributed by atoms with Crippen molar-refractivity contribution in [2.45, 2.75) is 155 Å². The van der Waals surface area contributed by atoms with Gasteiger partial charge in [0.25, 0.3) is 0 Å².